The lowest BCUT2D eigenvalue weighted by molar-refractivity contribution is 0.490. The van der Waals surface area contributed by atoms with E-state index in [1.165, 1.54) is 18.2 Å². The van der Waals surface area contributed by atoms with Crippen LogP contribution in [0.5, 0.6) is 0 Å². The van der Waals surface area contributed by atoms with Crippen LogP contribution in [-0.4, -0.2) is 0 Å². The Labute approximate surface area is 115 Å². The number of halogens is 5. The fraction of sp³-hybridized carbons (Fsp3) is 0.0769. The predicted molar refractivity (Wildman–Crippen MR) is 67.7 cm³/mol. The van der Waals surface area contributed by atoms with E-state index in [9.17, 15) is 17.6 Å². The minimum atomic E-state index is -1.25. The molecule has 0 fully saturated rings. The van der Waals surface area contributed by atoms with Gasteiger partial charge in [0, 0.05) is 22.6 Å². The van der Waals surface area contributed by atoms with Gasteiger partial charge in [-0.1, -0.05) is 15.9 Å². The lowest BCUT2D eigenvalue weighted by atomic mass is 10.2. The maximum Gasteiger partial charge on any atom is 0.161 e. The molecule has 1 N–H and O–H groups in total. The zero-order valence-corrected chi connectivity index (χ0v) is 11.1. The third-order valence-electron chi connectivity index (χ3n) is 2.49. The van der Waals surface area contributed by atoms with Gasteiger partial charge in [-0.05, 0) is 24.3 Å². The summed E-state index contributed by atoms with van der Waals surface area (Å²) in [7, 11) is 0. The van der Waals surface area contributed by atoms with E-state index in [1.807, 2.05) is 0 Å². The maximum absolute atomic E-state index is 13.4. The first-order valence-corrected chi connectivity index (χ1v) is 6.09. The van der Waals surface area contributed by atoms with Crippen molar-refractivity contribution in [3.63, 3.8) is 0 Å². The molecule has 100 valence electrons. The Morgan fingerprint density at radius 3 is 2.26 bits per heavy atom. The quantitative estimate of drug-likeness (QED) is 0.638. The fourth-order valence-electron chi connectivity index (χ4n) is 1.52. The zero-order valence-electron chi connectivity index (χ0n) is 9.48. The summed E-state index contributed by atoms with van der Waals surface area (Å²) < 4.78 is 53.1. The van der Waals surface area contributed by atoms with Gasteiger partial charge in [0.15, 0.2) is 11.6 Å². The Bertz CT molecular complexity index is 616. The lowest BCUT2D eigenvalue weighted by Crippen LogP contribution is -2.05. The van der Waals surface area contributed by atoms with Crippen molar-refractivity contribution in [2.45, 2.75) is 6.54 Å². The van der Waals surface area contributed by atoms with Gasteiger partial charge >= 0.3 is 0 Å². The average Bonchev–Trinajstić information content (AvgIpc) is 2.36. The van der Waals surface area contributed by atoms with Crippen LogP contribution in [0.2, 0.25) is 0 Å². The van der Waals surface area contributed by atoms with Crippen LogP contribution in [0.4, 0.5) is 23.2 Å². The normalized spacial score (nSPS) is 10.6. The second kappa shape index (κ2) is 5.61. The SMILES string of the molecule is Fc1cc(F)c(CNc2cc(Br)ccc2F)cc1F. The topological polar surface area (TPSA) is 12.0 Å². The van der Waals surface area contributed by atoms with E-state index in [-0.39, 0.29) is 17.8 Å². The van der Waals surface area contributed by atoms with Gasteiger partial charge < -0.3 is 5.32 Å². The summed E-state index contributed by atoms with van der Waals surface area (Å²) in [4.78, 5) is 0. The molecule has 0 spiro atoms. The number of hydrogen-bond acceptors (Lipinski definition) is 1. The van der Waals surface area contributed by atoms with E-state index in [1.54, 1.807) is 0 Å². The van der Waals surface area contributed by atoms with Crippen molar-refractivity contribution in [2.75, 3.05) is 5.32 Å². The van der Waals surface area contributed by atoms with Crippen LogP contribution in [0, 0.1) is 23.3 Å². The molecule has 0 saturated heterocycles. The van der Waals surface area contributed by atoms with Crippen molar-refractivity contribution in [3.05, 3.63) is 63.6 Å². The number of rotatable bonds is 3. The molecule has 0 bridgehead atoms. The highest BCUT2D eigenvalue weighted by Gasteiger charge is 2.10. The molecule has 0 heterocycles. The molecule has 0 saturated carbocycles. The highest BCUT2D eigenvalue weighted by atomic mass is 79.9. The maximum atomic E-state index is 13.4. The Morgan fingerprint density at radius 1 is 0.842 bits per heavy atom. The first-order valence-electron chi connectivity index (χ1n) is 5.29. The smallest absolute Gasteiger partial charge is 0.161 e. The minimum Gasteiger partial charge on any atom is -0.378 e. The second-order valence-electron chi connectivity index (χ2n) is 3.84. The van der Waals surface area contributed by atoms with Crippen molar-refractivity contribution in [1.29, 1.82) is 0 Å². The molecule has 0 aliphatic rings. The summed E-state index contributed by atoms with van der Waals surface area (Å²) in [5, 5.41) is 2.62. The van der Waals surface area contributed by atoms with Crippen molar-refractivity contribution in [1.82, 2.24) is 0 Å². The van der Waals surface area contributed by atoms with Gasteiger partial charge in [0.05, 0.1) is 5.69 Å². The summed E-state index contributed by atoms with van der Waals surface area (Å²) in [6.07, 6.45) is 0. The number of benzene rings is 2. The fourth-order valence-corrected chi connectivity index (χ4v) is 1.88. The highest BCUT2D eigenvalue weighted by molar-refractivity contribution is 9.10. The highest BCUT2D eigenvalue weighted by Crippen LogP contribution is 2.21. The molecule has 0 aliphatic heterocycles. The molecule has 19 heavy (non-hydrogen) atoms. The standard InChI is InChI=1S/C13H8BrF4N/c14-8-1-2-9(15)13(4-8)19-6-7-3-11(17)12(18)5-10(7)16/h1-5,19H,6H2. The van der Waals surface area contributed by atoms with Gasteiger partial charge in [0.1, 0.15) is 11.6 Å². The number of hydrogen-bond donors (Lipinski definition) is 1. The number of nitrogens with one attached hydrogen (secondary N) is 1. The molecule has 0 amide bonds. The van der Waals surface area contributed by atoms with E-state index in [4.69, 9.17) is 0 Å². The van der Waals surface area contributed by atoms with Crippen LogP contribution in [-0.2, 0) is 6.54 Å². The Kier molecular flexibility index (Phi) is 4.09. The second-order valence-corrected chi connectivity index (χ2v) is 4.75. The van der Waals surface area contributed by atoms with Crippen LogP contribution in [0.3, 0.4) is 0 Å². The zero-order chi connectivity index (χ0) is 14.0. The van der Waals surface area contributed by atoms with E-state index in [0.29, 0.717) is 10.5 Å². The van der Waals surface area contributed by atoms with Crippen molar-refractivity contribution >= 4 is 21.6 Å². The number of anilines is 1. The van der Waals surface area contributed by atoms with Gasteiger partial charge in [-0.2, -0.15) is 0 Å². The molecular formula is C13H8BrF4N. The molecule has 0 unspecified atom stereocenters. The van der Waals surface area contributed by atoms with E-state index < -0.39 is 23.3 Å². The van der Waals surface area contributed by atoms with E-state index in [2.05, 4.69) is 21.2 Å². The van der Waals surface area contributed by atoms with Crippen LogP contribution < -0.4 is 5.32 Å². The van der Waals surface area contributed by atoms with E-state index >= 15 is 0 Å². The Morgan fingerprint density at radius 2 is 1.53 bits per heavy atom. The summed E-state index contributed by atoms with van der Waals surface area (Å²) in [5.74, 6) is -3.81. The Balaban J connectivity index is 2.19. The van der Waals surface area contributed by atoms with E-state index in [0.717, 1.165) is 6.07 Å². The van der Waals surface area contributed by atoms with Gasteiger partial charge in [-0.3, -0.25) is 0 Å². The van der Waals surface area contributed by atoms with Crippen molar-refractivity contribution in [2.24, 2.45) is 0 Å². The summed E-state index contributed by atoms with van der Waals surface area (Å²) >= 11 is 3.17. The first-order chi connectivity index (χ1) is 8.97. The summed E-state index contributed by atoms with van der Waals surface area (Å²) in [5.41, 5.74) is 0.0526. The monoisotopic (exact) mass is 333 g/mol. The molecule has 0 radical (unpaired) electrons. The molecule has 0 aliphatic carbocycles. The van der Waals surface area contributed by atoms with Crippen LogP contribution >= 0.6 is 15.9 Å². The molecule has 1 nitrogen and oxygen atoms in total. The third kappa shape index (κ3) is 3.26. The van der Waals surface area contributed by atoms with Gasteiger partial charge in [0.25, 0.3) is 0 Å². The van der Waals surface area contributed by atoms with Crippen molar-refractivity contribution in [3.8, 4) is 0 Å². The first kappa shape index (κ1) is 13.9. The van der Waals surface area contributed by atoms with Crippen LogP contribution in [0.1, 0.15) is 5.56 Å². The third-order valence-corrected chi connectivity index (χ3v) is 2.98. The van der Waals surface area contributed by atoms with Crippen LogP contribution in [0.25, 0.3) is 0 Å². The van der Waals surface area contributed by atoms with Gasteiger partial charge in [0.2, 0.25) is 0 Å². The molecule has 6 heteroatoms. The molecule has 2 rings (SSSR count). The van der Waals surface area contributed by atoms with Crippen molar-refractivity contribution < 1.29 is 17.6 Å². The molecule has 2 aromatic rings. The lowest BCUT2D eigenvalue weighted by Gasteiger charge is -2.09. The van der Waals surface area contributed by atoms with Gasteiger partial charge in [-0.15, -0.1) is 0 Å². The minimum absolute atomic E-state index is 0.0849. The molecule has 0 aromatic heterocycles. The molecular weight excluding hydrogens is 326 g/mol. The largest absolute Gasteiger partial charge is 0.378 e. The molecule has 2 aromatic carbocycles. The van der Waals surface area contributed by atoms with Crippen LogP contribution in [0.15, 0.2) is 34.8 Å². The summed E-state index contributed by atoms with van der Waals surface area (Å²) in [6.45, 7) is -0.156. The average molecular weight is 334 g/mol. The summed E-state index contributed by atoms with van der Waals surface area (Å²) in [6, 6.07) is 5.41. The predicted octanol–water partition coefficient (Wildman–Crippen LogP) is 4.62. The Hall–Kier alpha value is -1.56. The van der Waals surface area contributed by atoms with Gasteiger partial charge in [-0.25, -0.2) is 17.6 Å². The molecule has 0 atom stereocenters.